The van der Waals surface area contributed by atoms with Crippen molar-refractivity contribution in [1.82, 2.24) is 10.3 Å². The Morgan fingerprint density at radius 2 is 1.81 bits per heavy atom. The lowest BCUT2D eigenvalue weighted by Crippen LogP contribution is -2.29. The molecule has 0 aromatic carbocycles. The van der Waals surface area contributed by atoms with E-state index in [1.165, 1.54) is 0 Å². The van der Waals surface area contributed by atoms with E-state index in [4.69, 9.17) is 5.41 Å². The first-order valence-corrected chi connectivity index (χ1v) is 10.7. The molecule has 0 aliphatic carbocycles. The smallest absolute Gasteiger partial charge is 0.144 e. The lowest BCUT2D eigenvalue weighted by Gasteiger charge is -2.14. The first kappa shape index (κ1) is 28.1. The van der Waals surface area contributed by atoms with Crippen molar-refractivity contribution in [3.05, 3.63) is 77.3 Å². The number of allylic oxidation sites excluding steroid dienone is 7. The van der Waals surface area contributed by atoms with E-state index < -0.39 is 6.23 Å². The van der Waals surface area contributed by atoms with Crippen molar-refractivity contribution in [3.63, 3.8) is 0 Å². The van der Waals surface area contributed by atoms with Gasteiger partial charge in [0.05, 0.1) is 11.4 Å². The Morgan fingerprint density at radius 1 is 1.16 bits per heavy atom. The van der Waals surface area contributed by atoms with Crippen LogP contribution in [0.4, 0.5) is 0 Å². The second-order valence-electron chi connectivity index (χ2n) is 8.22. The highest BCUT2D eigenvalue weighted by molar-refractivity contribution is 5.95. The van der Waals surface area contributed by atoms with Gasteiger partial charge in [0.2, 0.25) is 0 Å². The number of nitrogens with zero attached hydrogens (tertiary/aromatic N) is 1. The summed E-state index contributed by atoms with van der Waals surface area (Å²) in [5.74, 6) is 7.34. The quantitative estimate of drug-likeness (QED) is 0.218. The monoisotopic (exact) mass is 421 g/mol. The summed E-state index contributed by atoms with van der Waals surface area (Å²) in [6, 6.07) is 3.75. The van der Waals surface area contributed by atoms with Gasteiger partial charge in [0.15, 0.2) is 0 Å². The maximum Gasteiger partial charge on any atom is 0.144 e. The first-order valence-electron chi connectivity index (χ1n) is 10.7. The molecule has 1 unspecified atom stereocenters. The normalized spacial score (nSPS) is 13.5. The molecule has 1 rings (SSSR count). The third-order valence-corrected chi connectivity index (χ3v) is 3.50. The molecule has 1 aromatic heterocycles. The van der Waals surface area contributed by atoms with Crippen molar-refractivity contribution in [1.29, 1.82) is 5.41 Å². The molecule has 1 aromatic rings. The van der Waals surface area contributed by atoms with Crippen LogP contribution >= 0.6 is 0 Å². The predicted molar refractivity (Wildman–Crippen MR) is 134 cm³/mol. The molecule has 0 amide bonds. The Bertz CT molecular complexity index is 845. The van der Waals surface area contributed by atoms with Gasteiger partial charge in [-0.1, -0.05) is 64.7 Å². The van der Waals surface area contributed by atoms with Gasteiger partial charge in [0.1, 0.15) is 6.23 Å². The molecule has 0 spiro atoms. The highest BCUT2D eigenvalue weighted by Gasteiger charge is 2.06. The fraction of sp³-hybridized carbons (Fsp3) is 0.407. The van der Waals surface area contributed by atoms with Crippen LogP contribution < -0.4 is 5.32 Å². The molecule has 31 heavy (non-hydrogen) atoms. The van der Waals surface area contributed by atoms with Gasteiger partial charge in [-0.05, 0) is 62.5 Å². The van der Waals surface area contributed by atoms with Crippen LogP contribution in [0.5, 0.6) is 0 Å². The number of nitrogens with one attached hydrogen (secondary N) is 2. The Labute approximate surface area is 189 Å². The van der Waals surface area contributed by atoms with E-state index in [1.807, 2.05) is 58.1 Å². The number of aliphatic hydroxyl groups excluding tert-OH is 1. The van der Waals surface area contributed by atoms with Gasteiger partial charge in [-0.15, -0.1) is 0 Å². The molecular formula is C27H39N3O. The lowest BCUT2D eigenvalue weighted by molar-refractivity contribution is 0.199. The molecule has 4 nitrogen and oxygen atoms in total. The molecule has 4 heteroatoms. The standard InChI is InChI=1S/C23H29N3O.C4H10/c1-6-8-18(4)21(11-10-20-9-7-14-25-16-20)12-13-23(27)26-22(19(5)24)15-17(2)3;1-4(2)3/h6-9,12-17,23-24,26-27H,1-5H3;4H,1-3H3/b8-6-,13-12+,21-18-,22-15+,24-19?;. The van der Waals surface area contributed by atoms with E-state index in [2.05, 4.69) is 42.9 Å². The maximum absolute atomic E-state index is 10.3. The van der Waals surface area contributed by atoms with Crippen molar-refractivity contribution in [3.8, 4) is 11.8 Å². The second-order valence-corrected chi connectivity index (χ2v) is 8.22. The summed E-state index contributed by atoms with van der Waals surface area (Å²) in [6.07, 6.45) is 11.8. The van der Waals surface area contributed by atoms with Crippen LogP contribution in [0.3, 0.4) is 0 Å². The minimum Gasteiger partial charge on any atom is -0.370 e. The number of pyridine rings is 1. The Hall–Kier alpha value is -2.90. The van der Waals surface area contributed by atoms with Gasteiger partial charge in [-0.3, -0.25) is 4.98 Å². The fourth-order valence-corrected chi connectivity index (χ4v) is 2.20. The summed E-state index contributed by atoms with van der Waals surface area (Å²) in [4.78, 5) is 4.06. The third kappa shape index (κ3) is 14.7. The minimum atomic E-state index is -0.913. The lowest BCUT2D eigenvalue weighted by atomic mass is 10.1. The van der Waals surface area contributed by atoms with Crippen molar-refractivity contribution in [2.75, 3.05) is 0 Å². The zero-order valence-electron chi connectivity index (χ0n) is 20.3. The molecule has 0 radical (unpaired) electrons. The van der Waals surface area contributed by atoms with E-state index in [0.717, 1.165) is 22.6 Å². The highest BCUT2D eigenvalue weighted by Crippen LogP contribution is 2.09. The molecule has 168 valence electrons. The van der Waals surface area contributed by atoms with Crippen LogP contribution in [-0.2, 0) is 0 Å². The number of rotatable bonds is 7. The van der Waals surface area contributed by atoms with Crippen LogP contribution in [0.15, 0.2) is 71.7 Å². The van der Waals surface area contributed by atoms with Crippen LogP contribution in [0.1, 0.15) is 61.0 Å². The van der Waals surface area contributed by atoms with E-state index in [9.17, 15) is 5.11 Å². The molecule has 1 atom stereocenters. The SMILES string of the molecule is CC(C)C.C\C=C/C(C)=C(C#Cc1cccnc1)\C=C\C(O)N/C(=C/C(C)C)C(C)=N. The average molecular weight is 422 g/mol. The Balaban J connectivity index is 0.00000206. The average Bonchev–Trinajstić information content (AvgIpc) is 2.67. The minimum absolute atomic E-state index is 0.279. The molecule has 0 saturated carbocycles. The summed E-state index contributed by atoms with van der Waals surface area (Å²) in [7, 11) is 0. The molecule has 0 aliphatic heterocycles. The van der Waals surface area contributed by atoms with Crippen LogP contribution in [-0.4, -0.2) is 22.0 Å². The van der Waals surface area contributed by atoms with E-state index >= 15 is 0 Å². The van der Waals surface area contributed by atoms with Crippen LogP contribution in [0.25, 0.3) is 0 Å². The predicted octanol–water partition coefficient (Wildman–Crippen LogP) is 6.03. The molecule has 3 N–H and O–H groups in total. The van der Waals surface area contributed by atoms with Gasteiger partial charge in [0.25, 0.3) is 0 Å². The number of aliphatic hydroxyl groups is 1. The number of hydrogen-bond acceptors (Lipinski definition) is 4. The van der Waals surface area contributed by atoms with Crippen molar-refractivity contribution in [2.24, 2.45) is 11.8 Å². The summed E-state index contributed by atoms with van der Waals surface area (Å²) in [5, 5.41) is 21.1. The second kappa shape index (κ2) is 15.9. The van der Waals surface area contributed by atoms with Crippen molar-refractivity contribution < 1.29 is 5.11 Å². The third-order valence-electron chi connectivity index (χ3n) is 3.50. The molecule has 1 heterocycles. The van der Waals surface area contributed by atoms with Gasteiger partial charge >= 0.3 is 0 Å². The summed E-state index contributed by atoms with van der Waals surface area (Å²) in [5.41, 5.74) is 3.64. The fourth-order valence-electron chi connectivity index (χ4n) is 2.20. The van der Waals surface area contributed by atoms with Crippen molar-refractivity contribution >= 4 is 5.71 Å². The number of aromatic nitrogens is 1. The molecular weight excluding hydrogens is 382 g/mol. The zero-order valence-corrected chi connectivity index (χ0v) is 20.3. The first-order chi connectivity index (χ1) is 14.6. The van der Waals surface area contributed by atoms with Gasteiger partial charge in [0, 0.05) is 23.5 Å². The van der Waals surface area contributed by atoms with E-state index in [-0.39, 0.29) is 5.92 Å². The topological polar surface area (TPSA) is 69.0 Å². The summed E-state index contributed by atoms with van der Waals surface area (Å²) >= 11 is 0. The molecule has 0 aliphatic rings. The Kier molecular flexibility index (Phi) is 14.4. The Morgan fingerprint density at radius 3 is 2.29 bits per heavy atom. The molecule has 0 saturated heterocycles. The maximum atomic E-state index is 10.3. The summed E-state index contributed by atoms with van der Waals surface area (Å²) in [6.45, 7) is 16.2. The molecule has 0 bridgehead atoms. The van der Waals surface area contributed by atoms with Gasteiger partial charge < -0.3 is 15.8 Å². The van der Waals surface area contributed by atoms with Crippen LogP contribution in [0.2, 0.25) is 0 Å². The van der Waals surface area contributed by atoms with E-state index in [1.54, 1.807) is 31.5 Å². The van der Waals surface area contributed by atoms with E-state index in [0.29, 0.717) is 11.4 Å². The van der Waals surface area contributed by atoms with Crippen LogP contribution in [0, 0.1) is 29.1 Å². The largest absolute Gasteiger partial charge is 0.370 e. The summed E-state index contributed by atoms with van der Waals surface area (Å²) < 4.78 is 0. The van der Waals surface area contributed by atoms with Gasteiger partial charge in [-0.25, -0.2) is 0 Å². The van der Waals surface area contributed by atoms with Gasteiger partial charge in [-0.2, -0.15) is 0 Å². The highest BCUT2D eigenvalue weighted by atomic mass is 16.3. The zero-order chi connectivity index (χ0) is 23.8. The number of hydrogen-bond donors (Lipinski definition) is 3. The van der Waals surface area contributed by atoms with Crippen molar-refractivity contribution in [2.45, 2.75) is 61.6 Å². The molecule has 0 fully saturated rings.